The zero-order valence-electron chi connectivity index (χ0n) is 8.52. The van der Waals surface area contributed by atoms with Crippen molar-refractivity contribution >= 4 is 17.5 Å². The van der Waals surface area contributed by atoms with Crippen LogP contribution in [0.2, 0.25) is 0 Å². The predicted molar refractivity (Wildman–Crippen MR) is 51.6 cm³/mol. The molecule has 0 atom stereocenters. The summed E-state index contributed by atoms with van der Waals surface area (Å²) in [7, 11) is 0.963. The van der Waals surface area contributed by atoms with Gasteiger partial charge in [0.05, 0.1) is 12.0 Å². The molecule has 17 heavy (non-hydrogen) atoms. The molecule has 0 aliphatic heterocycles. The standard InChI is InChI=1S/C8H7F2N3O4/c1-17-8(14)3-2-4(11)12-5(7(9)10)6(3)13(15)16/h2,7H,1H3,(H2,11,12). The zero-order valence-corrected chi connectivity index (χ0v) is 8.52. The number of nitrogen functional groups attached to an aromatic ring is 1. The van der Waals surface area contributed by atoms with Crippen molar-refractivity contribution < 1.29 is 23.2 Å². The highest BCUT2D eigenvalue weighted by molar-refractivity contribution is 5.95. The van der Waals surface area contributed by atoms with Gasteiger partial charge in [0, 0.05) is 6.07 Å². The summed E-state index contributed by atoms with van der Waals surface area (Å²) >= 11 is 0. The lowest BCUT2D eigenvalue weighted by atomic mass is 10.1. The molecule has 0 saturated heterocycles. The number of rotatable bonds is 3. The third-order valence-electron chi connectivity index (χ3n) is 1.83. The van der Waals surface area contributed by atoms with Crippen LogP contribution in [0.5, 0.6) is 0 Å². The minimum Gasteiger partial charge on any atom is -0.465 e. The molecule has 0 aromatic carbocycles. The van der Waals surface area contributed by atoms with E-state index in [1.165, 1.54) is 0 Å². The summed E-state index contributed by atoms with van der Waals surface area (Å²) in [6.07, 6.45) is -3.22. The monoisotopic (exact) mass is 247 g/mol. The van der Waals surface area contributed by atoms with E-state index in [1.807, 2.05) is 0 Å². The number of nitrogens with two attached hydrogens (primary N) is 1. The van der Waals surface area contributed by atoms with Gasteiger partial charge in [-0.05, 0) is 0 Å². The first-order valence-corrected chi connectivity index (χ1v) is 4.19. The molecule has 9 heteroatoms. The number of carbonyl (C=O) groups is 1. The molecule has 0 aliphatic rings. The van der Waals surface area contributed by atoms with E-state index in [0.717, 1.165) is 13.2 Å². The van der Waals surface area contributed by atoms with Crippen molar-refractivity contribution in [3.8, 4) is 0 Å². The van der Waals surface area contributed by atoms with Crippen LogP contribution in [0.3, 0.4) is 0 Å². The number of anilines is 1. The normalized spacial score (nSPS) is 10.4. The summed E-state index contributed by atoms with van der Waals surface area (Å²) in [5.74, 6) is -1.56. The van der Waals surface area contributed by atoms with Gasteiger partial charge in [0.1, 0.15) is 11.4 Å². The van der Waals surface area contributed by atoms with Crippen LogP contribution in [0.4, 0.5) is 20.3 Å². The maximum absolute atomic E-state index is 12.5. The summed E-state index contributed by atoms with van der Waals surface area (Å²) in [5.41, 5.74) is 2.28. The largest absolute Gasteiger partial charge is 0.465 e. The van der Waals surface area contributed by atoms with Crippen LogP contribution in [-0.2, 0) is 4.74 Å². The van der Waals surface area contributed by atoms with Gasteiger partial charge in [0.15, 0.2) is 5.69 Å². The second kappa shape index (κ2) is 4.68. The van der Waals surface area contributed by atoms with Crippen molar-refractivity contribution in [3.63, 3.8) is 0 Å². The Bertz CT molecular complexity index is 478. The zero-order chi connectivity index (χ0) is 13.2. The van der Waals surface area contributed by atoms with Gasteiger partial charge >= 0.3 is 11.7 Å². The lowest BCUT2D eigenvalue weighted by molar-refractivity contribution is -0.387. The van der Waals surface area contributed by atoms with Crippen LogP contribution in [-0.4, -0.2) is 23.0 Å². The van der Waals surface area contributed by atoms with Crippen molar-refractivity contribution in [2.45, 2.75) is 6.43 Å². The molecule has 0 amide bonds. The Morgan fingerprint density at radius 3 is 2.65 bits per heavy atom. The van der Waals surface area contributed by atoms with E-state index in [1.54, 1.807) is 0 Å². The van der Waals surface area contributed by atoms with E-state index >= 15 is 0 Å². The van der Waals surface area contributed by atoms with E-state index < -0.39 is 40.1 Å². The van der Waals surface area contributed by atoms with E-state index in [4.69, 9.17) is 5.73 Å². The lowest BCUT2D eigenvalue weighted by Crippen LogP contribution is -2.11. The fraction of sp³-hybridized carbons (Fsp3) is 0.250. The first-order valence-electron chi connectivity index (χ1n) is 4.19. The Morgan fingerprint density at radius 1 is 1.65 bits per heavy atom. The molecular formula is C8H7F2N3O4. The van der Waals surface area contributed by atoms with E-state index in [-0.39, 0.29) is 0 Å². The minimum absolute atomic E-state index is 0.425. The molecule has 0 radical (unpaired) electrons. The summed E-state index contributed by atoms with van der Waals surface area (Å²) in [4.78, 5) is 23.9. The van der Waals surface area contributed by atoms with E-state index in [2.05, 4.69) is 9.72 Å². The second-order valence-electron chi connectivity index (χ2n) is 2.88. The molecule has 7 nitrogen and oxygen atoms in total. The molecule has 2 N–H and O–H groups in total. The number of halogens is 2. The number of alkyl halides is 2. The Hall–Kier alpha value is -2.32. The van der Waals surface area contributed by atoms with Gasteiger partial charge < -0.3 is 10.5 Å². The molecule has 1 aromatic heterocycles. The number of ether oxygens (including phenoxy) is 1. The summed E-state index contributed by atoms with van der Waals surface area (Å²) in [5, 5.41) is 10.7. The number of carbonyl (C=O) groups excluding carboxylic acids is 1. The van der Waals surface area contributed by atoms with Crippen LogP contribution in [0.1, 0.15) is 22.5 Å². The van der Waals surface area contributed by atoms with Gasteiger partial charge in [0.2, 0.25) is 0 Å². The highest BCUT2D eigenvalue weighted by Gasteiger charge is 2.32. The lowest BCUT2D eigenvalue weighted by Gasteiger charge is -2.06. The van der Waals surface area contributed by atoms with Crippen molar-refractivity contribution in [1.29, 1.82) is 0 Å². The third kappa shape index (κ3) is 2.44. The van der Waals surface area contributed by atoms with Crippen LogP contribution in [0.15, 0.2) is 6.07 Å². The highest BCUT2D eigenvalue weighted by Crippen LogP contribution is 2.31. The summed E-state index contributed by atoms with van der Waals surface area (Å²) in [6, 6.07) is 0.815. The Kier molecular flexibility index (Phi) is 3.51. The molecule has 0 fully saturated rings. The average molecular weight is 247 g/mol. The number of hydrogen-bond donors (Lipinski definition) is 1. The summed E-state index contributed by atoms with van der Waals surface area (Å²) < 4.78 is 29.3. The van der Waals surface area contributed by atoms with Crippen molar-refractivity contribution in [2.75, 3.05) is 12.8 Å². The first kappa shape index (κ1) is 12.7. The SMILES string of the molecule is COC(=O)c1cc(N)nc(C(F)F)c1[N+](=O)[O-]. The Balaban J connectivity index is 3.57. The van der Waals surface area contributed by atoms with Gasteiger partial charge in [-0.1, -0.05) is 0 Å². The third-order valence-corrected chi connectivity index (χ3v) is 1.83. The molecular weight excluding hydrogens is 240 g/mol. The number of nitrogens with zero attached hydrogens (tertiary/aromatic N) is 2. The Morgan fingerprint density at radius 2 is 2.24 bits per heavy atom. The van der Waals surface area contributed by atoms with Gasteiger partial charge in [0.25, 0.3) is 6.43 Å². The Labute approximate surface area is 93.3 Å². The fourth-order valence-electron chi connectivity index (χ4n) is 1.19. The number of pyridine rings is 1. The van der Waals surface area contributed by atoms with Crippen LogP contribution < -0.4 is 5.73 Å². The van der Waals surface area contributed by atoms with Gasteiger partial charge in [-0.25, -0.2) is 18.6 Å². The number of aromatic nitrogens is 1. The summed E-state index contributed by atoms with van der Waals surface area (Å²) in [6.45, 7) is 0. The molecule has 92 valence electrons. The quantitative estimate of drug-likeness (QED) is 0.489. The van der Waals surface area contributed by atoms with Crippen molar-refractivity contribution in [1.82, 2.24) is 4.98 Å². The topological polar surface area (TPSA) is 108 Å². The van der Waals surface area contributed by atoms with Crippen molar-refractivity contribution in [2.24, 2.45) is 0 Å². The molecule has 0 spiro atoms. The highest BCUT2D eigenvalue weighted by atomic mass is 19.3. The van der Waals surface area contributed by atoms with Crippen molar-refractivity contribution in [3.05, 3.63) is 27.4 Å². The molecule has 1 heterocycles. The molecule has 1 aromatic rings. The van der Waals surface area contributed by atoms with Gasteiger partial charge in [-0.2, -0.15) is 0 Å². The van der Waals surface area contributed by atoms with Crippen LogP contribution in [0, 0.1) is 10.1 Å². The first-order chi connectivity index (χ1) is 7.88. The van der Waals surface area contributed by atoms with E-state index in [9.17, 15) is 23.7 Å². The molecule has 1 rings (SSSR count). The van der Waals surface area contributed by atoms with Gasteiger partial charge in [-0.15, -0.1) is 0 Å². The predicted octanol–water partition coefficient (Wildman–Crippen LogP) is 1.30. The second-order valence-corrected chi connectivity index (χ2v) is 2.88. The molecule has 0 saturated carbocycles. The van der Waals surface area contributed by atoms with E-state index in [0.29, 0.717) is 0 Å². The van der Waals surface area contributed by atoms with Gasteiger partial charge in [-0.3, -0.25) is 10.1 Å². The average Bonchev–Trinajstić information content (AvgIpc) is 2.26. The van der Waals surface area contributed by atoms with Crippen LogP contribution >= 0.6 is 0 Å². The maximum atomic E-state index is 12.5. The maximum Gasteiger partial charge on any atom is 0.345 e. The number of hydrogen-bond acceptors (Lipinski definition) is 6. The fourth-order valence-corrected chi connectivity index (χ4v) is 1.19. The minimum atomic E-state index is -3.22. The molecule has 0 unspecified atom stereocenters. The molecule has 0 aliphatic carbocycles. The number of methoxy groups -OCH3 is 1. The van der Waals surface area contributed by atoms with Crippen LogP contribution in [0.25, 0.3) is 0 Å². The number of nitro groups is 1. The number of esters is 1. The molecule has 0 bridgehead atoms. The smallest absolute Gasteiger partial charge is 0.345 e.